The number of likely N-dealkylation sites (tertiary alicyclic amines) is 1. The molecule has 1 heterocycles. The molecule has 34 heavy (non-hydrogen) atoms. The van der Waals surface area contributed by atoms with Gasteiger partial charge in [-0.3, -0.25) is 9.59 Å². The van der Waals surface area contributed by atoms with Crippen molar-refractivity contribution in [2.45, 2.75) is 26.8 Å². The molecule has 182 valence electrons. The van der Waals surface area contributed by atoms with Crippen LogP contribution >= 0.6 is 23.2 Å². The van der Waals surface area contributed by atoms with Gasteiger partial charge >= 0.3 is 0 Å². The van der Waals surface area contributed by atoms with E-state index in [9.17, 15) is 14.7 Å². The number of ketones is 1. The van der Waals surface area contributed by atoms with Crippen LogP contribution in [0.4, 0.5) is 0 Å². The normalized spacial score (nSPS) is 17.8. The SMILES string of the molecule is Cc1cc(C([O-])=C2C(=O)C(=O)N(CC[NH+](C)C)C2c2ccc(Cl)c(Cl)c2)ccc1OCC(C)C. The predicted octanol–water partition coefficient (Wildman–Crippen LogP) is 2.71. The number of ether oxygens (including phenoxy) is 1. The Kier molecular flexibility index (Phi) is 8.29. The molecule has 3 rings (SSSR count). The molecule has 0 aliphatic carbocycles. The van der Waals surface area contributed by atoms with E-state index in [1.807, 2.05) is 21.0 Å². The van der Waals surface area contributed by atoms with E-state index < -0.39 is 23.5 Å². The molecular weight excluding hydrogens is 475 g/mol. The zero-order valence-corrected chi connectivity index (χ0v) is 21.6. The molecule has 6 nitrogen and oxygen atoms in total. The van der Waals surface area contributed by atoms with Crippen LogP contribution in [-0.2, 0) is 9.59 Å². The van der Waals surface area contributed by atoms with Gasteiger partial charge in [-0.2, -0.15) is 0 Å². The van der Waals surface area contributed by atoms with Crippen molar-refractivity contribution >= 4 is 40.7 Å². The zero-order chi connectivity index (χ0) is 25.2. The molecule has 0 bridgehead atoms. The van der Waals surface area contributed by atoms with E-state index in [1.54, 1.807) is 36.4 Å². The second kappa shape index (κ2) is 10.8. The first kappa shape index (κ1) is 26.1. The fourth-order valence-electron chi connectivity index (χ4n) is 3.84. The van der Waals surface area contributed by atoms with Crippen LogP contribution in [0.5, 0.6) is 5.75 Å². The average molecular weight is 505 g/mol. The largest absolute Gasteiger partial charge is 0.872 e. The van der Waals surface area contributed by atoms with E-state index >= 15 is 0 Å². The van der Waals surface area contributed by atoms with Crippen molar-refractivity contribution in [1.82, 2.24) is 4.90 Å². The lowest BCUT2D eigenvalue weighted by molar-refractivity contribution is -0.857. The summed E-state index contributed by atoms with van der Waals surface area (Å²) in [6.07, 6.45) is 0. The molecular formula is C26H30Cl2N2O4. The van der Waals surface area contributed by atoms with E-state index in [2.05, 4.69) is 13.8 Å². The summed E-state index contributed by atoms with van der Waals surface area (Å²) in [5, 5.41) is 14.3. The van der Waals surface area contributed by atoms with Crippen molar-refractivity contribution < 1.29 is 24.3 Å². The standard InChI is InChI=1S/C26H30Cl2N2O4/c1-15(2)14-34-21-9-7-18(12-16(21)3)24(31)22-23(17-6-8-19(27)20(28)13-17)30(11-10-29(4)5)26(33)25(22)32/h6-9,12-13,15,23,31H,10-11,14H2,1-5H3. The molecule has 1 fully saturated rings. The van der Waals surface area contributed by atoms with Crippen LogP contribution in [0.15, 0.2) is 42.0 Å². The first-order chi connectivity index (χ1) is 16.0. The number of hydrogen-bond donors (Lipinski definition) is 1. The number of carbonyl (C=O) groups is 2. The highest BCUT2D eigenvalue weighted by Crippen LogP contribution is 2.40. The van der Waals surface area contributed by atoms with E-state index in [1.165, 1.54) is 4.90 Å². The number of benzene rings is 2. The minimum Gasteiger partial charge on any atom is -0.872 e. The third-order valence-corrected chi connectivity index (χ3v) is 6.39. The van der Waals surface area contributed by atoms with Gasteiger partial charge in [0.2, 0.25) is 5.78 Å². The van der Waals surface area contributed by atoms with Gasteiger partial charge in [0.15, 0.2) is 0 Å². The van der Waals surface area contributed by atoms with E-state index in [-0.39, 0.29) is 5.57 Å². The zero-order valence-electron chi connectivity index (χ0n) is 20.1. The molecule has 0 aromatic heterocycles. The Morgan fingerprint density at radius 1 is 1.12 bits per heavy atom. The van der Waals surface area contributed by atoms with Gasteiger partial charge in [0.1, 0.15) is 5.75 Å². The summed E-state index contributed by atoms with van der Waals surface area (Å²) in [6, 6.07) is 9.14. The number of quaternary nitrogens is 1. The van der Waals surface area contributed by atoms with Crippen molar-refractivity contribution in [3.05, 3.63) is 68.7 Å². The highest BCUT2D eigenvalue weighted by molar-refractivity contribution is 6.46. The molecule has 2 aromatic carbocycles. The van der Waals surface area contributed by atoms with Crippen molar-refractivity contribution in [2.75, 3.05) is 33.8 Å². The first-order valence-electron chi connectivity index (χ1n) is 11.3. The lowest BCUT2D eigenvalue weighted by atomic mass is 9.94. The first-order valence-corrected chi connectivity index (χ1v) is 12.0. The van der Waals surface area contributed by atoms with Crippen LogP contribution in [0.3, 0.4) is 0 Å². The summed E-state index contributed by atoms with van der Waals surface area (Å²) >= 11 is 12.3. The number of Topliss-reactive ketones (excluding diaryl/α,β-unsaturated/α-hetero) is 1. The van der Waals surface area contributed by atoms with Crippen molar-refractivity contribution in [2.24, 2.45) is 5.92 Å². The molecule has 0 radical (unpaired) electrons. The summed E-state index contributed by atoms with van der Waals surface area (Å²) in [6.45, 7) is 7.44. The van der Waals surface area contributed by atoms with Gasteiger partial charge in [0.05, 0.1) is 49.9 Å². The third kappa shape index (κ3) is 5.57. The Balaban J connectivity index is 2.10. The van der Waals surface area contributed by atoms with Crippen LogP contribution in [0.1, 0.15) is 36.6 Å². The Labute approximate surface area is 210 Å². The van der Waals surface area contributed by atoms with Crippen LogP contribution in [0.25, 0.3) is 5.76 Å². The predicted molar refractivity (Wildman–Crippen MR) is 132 cm³/mol. The lowest BCUT2D eigenvalue weighted by Crippen LogP contribution is -3.06. The highest BCUT2D eigenvalue weighted by Gasteiger charge is 2.44. The van der Waals surface area contributed by atoms with E-state index in [0.717, 1.165) is 10.5 Å². The maximum atomic E-state index is 13.6. The molecule has 1 aliphatic heterocycles. The van der Waals surface area contributed by atoms with Crippen LogP contribution in [-0.4, -0.2) is 50.4 Å². The number of rotatable bonds is 8. The Morgan fingerprint density at radius 2 is 1.82 bits per heavy atom. The molecule has 1 aliphatic rings. The smallest absolute Gasteiger partial charge is 0.295 e. The molecule has 1 atom stereocenters. The molecule has 0 spiro atoms. The van der Waals surface area contributed by atoms with Gasteiger partial charge < -0.3 is 19.6 Å². The van der Waals surface area contributed by atoms with Crippen LogP contribution < -0.4 is 14.7 Å². The number of amides is 1. The minimum atomic E-state index is -0.834. The van der Waals surface area contributed by atoms with Gasteiger partial charge in [-0.25, -0.2) is 0 Å². The summed E-state index contributed by atoms with van der Waals surface area (Å²) in [4.78, 5) is 28.7. The molecule has 0 saturated carbocycles. The topological polar surface area (TPSA) is 74.1 Å². The number of aryl methyl sites for hydroxylation is 1. The summed E-state index contributed by atoms with van der Waals surface area (Å²) in [7, 11) is 3.91. The van der Waals surface area contributed by atoms with Crippen LogP contribution in [0, 0.1) is 12.8 Å². The maximum absolute atomic E-state index is 13.6. The highest BCUT2D eigenvalue weighted by atomic mass is 35.5. The number of carbonyl (C=O) groups excluding carboxylic acids is 2. The average Bonchev–Trinajstić information content (AvgIpc) is 3.02. The second-order valence-corrected chi connectivity index (χ2v) is 10.1. The molecule has 1 unspecified atom stereocenters. The lowest BCUT2D eigenvalue weighted by Gasteiger charge is -2.28. The number of nitrogens with zero attached hydrogens (tertiary/aromatic N) is 1. The molecule has 1 amide bonds. The monoisotopic (exact) mass is 504 g/mol. The number of hydrogen-bond acceptors (Lipinski definition) is 4. The van der Waals surface area contributed by atoms with Gasteiger partial charge in [0, 0.05) is 5.57 Å². The van der Waals surface area contributed by atoms with Gasteiger partial charge in [0.25, 0.3) is 5.91 Å². The van der Waals surface area contributed by atoms with E-state index in [0.29, 0.717) is 52.5 Å². The second-order valence-electron chi connectivity index (χ2n) is 9.29. The molecule has 1 N–H and O–H groups in total. The molecule has 8 heteroatoms. The Morgan fingerprint density at radius 3 is 2.41 bits per heavy atom. The summed E-state index contributed by atoms with van der Waals surface area (Å²) in [5.41, 5.74) is 1.60. The Hall–Kier alpha value is -2.54. The van der Waals surface area contributed by atoms with Gasteiger partial charge in [-0.05, 0) is 53.8 Å². The molecule has 2 aromatic rings. The van der Waals surface area contributed by atoms with Crippen LogP contribution in [0.2, 0.25) is 10.0 Å². The minimum absolute atomic E-state index is 0.0765. The third-order valence-electron chi connectivity index (χ3n) is 5.65. The number of halogens is 2. The van der Waals surface area contributed by atoms with Crippen molar-refractivity contribution in [3.63, 3.8) is 0 Å². The van der Waals surface area contributed by atoms with Crippen molar-refractivity contribution in [1.29, 1.82) is 0 Å². The summed E-state index contributed by atoms with van der Waals surface area (Å²) < 4.78 is 5.81. The van der Waals surface area contributed by atoms with E-state index in [4.69, 9.17) is 27.9 Å². The number of nitrogens with one attached hydrogen (secondary N) is 1. The fourth-order valence-corrected chi connectivity index (χ4v) is 4.15. The quantitative estimate of drug-likeness (QED) is 0.340. The Bertz CT molecular complexity index is 1130. The maximum Gasteiger partial charge on any atom is 0.295 e. The fraction of sp³-hybridized carbons (Fsp3) is 0.385. The van der Waals surface area contributed by atoms with Crippen molar-refractivity contribution in [3.8, 4) is 5.75 Å². The van der Waals surface area contributed by atoms with Gasteiger partial charge in [-0.1, -0.05) is 54.9 Å². The molecule has 1 saturated heterocycles. The number of likely N-dealkylation sites (N-methyl/N-ethyl adjacent to an activating group) is 1. The van der Waals surface area contributed by atoms with Gasteiger partial charge in [-0.15, -0.1) is 0 Å². The summed E-state index contributed by atoms with van der Waals surface area (Å²) in [5.74, 6) is -0.907.